The van der Waals surface area contributed by atoms with E-state index in [1.165, 1.54) is 6.07 Å². The van der Waals surface area contributed by atoms with Crippen molar-refractivity contribution in [3.8, 4) is 0 Å². The number of rotatable bonds is 4. The molecule has 1 aliphatic heterocycles. The molecule has 1 fully saturated rings. The third-order valence-electron chi connectivity index (χ3n) is 3.76. The molecule has 4 nitrogen and oxygen atoms in total. The summed E-state index contributed by atoms with van der Waals surface area (Å²) in [5.74, 6) is -0.361. The number of hydrogen-bond donors (Lipinski definition) is 1. The van der Waals surface area contributed by atoms with Gasteiger partial charge in [0.05, 0.1) is 17.1 Å². The normalized spacial score (nSPS) is 21.3. The van der Waals surface area contributed by atoms with Gasteiger partial charge in [-0.15, -0.1) is 0 Å². The van der Waals surface area contributed by atoms with Gasteiger partial charge in [-0.25, -0.2) is 9.18 Å². The molecule has 0 aromatic heterocycles. The molecule has 0 bridgehead atoms. The molecule has 1 aromatic rings. The van der Waals surface area contributed by atoms with Gasteiger partial charge in [-0.05, 0) is 41.4 Å². The lowest BCUT2D eigenvalue weighted by molar-refractivity contribution is 0.0813. The fourth-order valence-electron chi connectivity index (χ4n) is 2.64. The molecule has 1 aromatic carbocycles. The van der Waals surface area contributed by atoms with Crippen molar-refractivity contribution in [1.82, 2.24) is 10.2 Å². The van der Waals surface area contributed by atoms with E-state index in [4.69, 9.17) is 16.3 Å². The van der Waals surface area contributed by atoms with Gasteiger partial charge in [-0.3, -0.25) is 0 Å². The van der Waals surface area contributed by atoms with Gasteiger partial charge in [0.15, 0.2) is 0 Å². The van der Waals surface area contributed by atoms with E-state index in [0.29, 0.717) is 34.8 Å². The zero-order chi connectivity index (χ0) is 17.0. The lowest BCUT2D eigenvalue weighted by atomic mass is 10.0. The molecule has 0 radical (unpaired) electrons. The number of amides is 1. The van der Waals surface area contributed by atoms with Crippen LogP contribution in [-0.2, 0) is 4.74 Å². The number of hydrogen-bond acceptors (Lipinski definition) is 3. The molecule has 7 heteroatoms. The summed E-state index contributed by atoms with van der Waals surface area (Å²) in [6, 6.07) is 2.82. The second-order valence-corrected chi connectivity index (χ2v) is 7.07. The number of nitrogens with one attached hydrogen (secondary N) is 1. The van der Waals surface area contributed by atoms with Crippen molar-refractivity contribution in [2.45, 2.75) is 38.8 Å². The summed E-state index contributed by atoms with van der Waals surface area (Å²) in [5.41, 5.74) is 0.447. The van der Waals surface area contributed by atoms with Crippen LogP contribution in [0.15, 0.2) is 16.6 Å². The van der Waals surface area contributed by atoms with Crippen molar-refractivity contribution in [2.24, 2.45) is 0 Å². The molecular weight excluding hydrogens is 387 g/mol. The zero-order valence-electron chi connectivity index (χ0n) is 13.2. The highest BCUT2D eigenvalue weighted by Crippen LogP contribution is 2.30. The van der Waals surface area contributed by atoms with Gasteiger partial charge in [0.2, 0.25) is 0 Å². The highest BCUT2D eigenvalue weighted by Gasteiger charge is 2.31. The van der Waals surface area contributed by atoms with Crippen molar-refractivity contribution in [2.75, 3.05) is 19.7 Å². The molecule has 1 aliphatic rings. The van der Waals surface area contributed by atoms with Crippen LogP contribution in [0.25, 0.3) is 0 Å². The highest BCUT2D eigenvalue weighted by atomic mass is 79.9. The van der Waals surface area contributed by atoms with Gasteiger partial charge in [0.1, 0.15) is 5.82 Å². The smallest absolute Gasteiger partial charge is 0.409 e. The van der Waals surface area contributed by atoms with Crippen molar-refractivity contribution >= 4 is 33.6 Å². The first-order valence-electron chi connectivity index (χ1n) is 7.74. The molecule has 0 spiro atoms. The molecule has 0 unspecified atom stereocenters. The topological polar surface area (TPSA) is 41.6 Å². The van der Waals surface area contributed by atoms with E-state index in [1.807, 2.05) is 13.8 Å². The number of benzene rings is 1. The Morgan fingerprint density at radius 1 is 1.52 bits per heavy atom. The Morgan fingerprint density at radius 2 is 2.26 bits per heavy atom. The van der Waals surface area contributed by atoms with Crippen LogP contribution in [0.5, 0.6) is 0 Å². The quantitative estimate of drug-likeness (QED) is 0.589. The second kappa shape index (κ2) is 8.31. The zero-order valence-corrected chi connectivity index (χ0v) is 15.6. The molecular formula is C16H21BrClFN2O2. The average Bonchev–Trinajstić information content (AvgIpc) is 2.50. The SMILES string of the molecule is CCCCOC(=O)N1C[C@@H](C)N[C@H](c2cc(Cl)cc(Br)c2F)C1. The van der Waals surface area contributed by atoms with Crippen LogP contribution in [0.2, 0.25) is 5.02 Å². The van der Waals surface area contributed by atoms with Crippen molar-refractivity contribution in [3.05, 3.63) is 33.0 Å². The Bertz CT molecular complexity index is 573. The van der Waals surface area contributed by atoms with Crippen molar-refractivity contribution in [1.29, 1.82) is 0 Å². The van der Waals surface area contributed by atoms with Gasteiger partial charge >= 0.3 is 6.09 Å². The monoisotopic (exact) mass is 406 g/mol. The number of halogens is 3. The number of nitrogens with zero attached hydrogens (tertiary/aromatic N) is 1. The molecule has 0 saturated carbocycles. The van der Waals surface area contributed by atoms with E-state index in [0.717, 1.165) is 12.8 Å². The van der Waals surface area contributed by atoms with Crippen LogP contribution in [0.4, 0.5) is 9.18 Å². The molecule has 1 N–H and O–H groups in total. The highest BCUT2D eigenvalue weighted by molar-refractivity contribution is 9.10. The maximum atomic E-state index is 14.4. The molecule has 0 aliphatic carbocycles. The van der Waals surface area contributed by atoms with E-state index >= 15 is 0 Å². The van der Waals surface area contributed by atoms with Gasteiger partial charge in [0.25, 0.3) is 0 Å². The number of unbranched alkanes of at least 4 members (excludes halogenated alkanes) is 1. The van der Waals surface area contributed by atoms with E-state index in [1.54, 1.807) is 11.0 Å². The lowest BCUT2D eigenvalue weighted by Crippen LogP contribution is -2.53. The molecule has 1 heterocycles. The van der Waals surface area contributed by atoms with E-state index < -0.39 is 0 Å². The van der Waals surface area contributed by atoms with Crippen LogP contribution >= 0.6 is 27.5 Å². The summed E-state index contributed by atoms with van der Waals surface area (Å²) in [5, 5.41) is 3.76. The fourth-order valence-corrected chi connectivity index (χ4v) is 3.47. The Kier molecular flexibility index (Phi) is 6.68. The summed E-state index contributed by atoms with van der Waals surface area (Å²) in [6.07, 6.45) is 1.46. The first-order chi connectivity index (χ1) is 10.9. The molecule has 1 saturated heterocycles. The second-order valence-electron chi connectivity index (χ2n) is 5.78. The molecule has 2 rings (SSSR count). The Labute approximate surface area is 149 Å². The summed E-state index contributed by atoms with van der Waals surface area (Å²) in [7, 11) is 0. The summed E-state index contributed by atoms with van der Waals surface area (Å²) < 4.78 is 20.0. The molecule has 23 heavy (non-hydrogen) atoms. The molecule has 1 amide bonds. The number of carbonyl (C=O) groups is 1. The Morgan fingerprint density at radius 3 is 2.96 bits per heavy atom. The molecule has 2 atom stereocenters. The number of piperazine rings is 1. The molecule has 128 valence electrons. The fraction of sp³-hybridized carbons (Fsp3) is 0.562. The maximum absolute atomic E-state index is 14.4. The third kappa shape index (κ3) is 4.81. The first-order valence-corrected chi connectivity index (χ1v) is 8.91. The minimum Gasteiger partial charge on any atom is -0.449 e. The largest absolute Gasteiger partial charge is 0.449 e. The average molecular weight is 408 g/mol. The summed E-state index contributed by atoms with van der Waals surface area (Å²) in [4.78, 5) is 13.8. The van der Waals surface area contributed by atoms with Crippen LogP contribution < -0.4 is 5.32 Å². The predicted molar refractivity (Wildman–Crippen MR) is 92.3 cm³/mol. The minimum absolute atomic E-state index is 0.0321. The van der Waals surface area contributed by atoms with Crippen molar-refractivity contribution < 1.29 is 13.9 Å². The van der Waals surface area contributed by atoms with Crippen LogP contribution in [0, 0.1) is 5.82 Å². The van der Waals surface area contributed by atoms with E-state index in [-0.39, 0.29) is 24.0 Å². The predicted octanol–water partition coefficient (Wildman–Crippen LogP) is 4.51. The van der Waals surface area contributed by atoms with E-state index in [2.05, 4.69) is 21.2 Å². The summed E-state index contributed by atoms with van der Waals surface area (Å²) >= 11 is 9.20. The van der Waals surface area contributed by atoms with Crippen LogP contribution in [-0.4, -0.2) is 36.7 Å². The van der Waals surface area contributed by atoms with Crippen LogP contribution in [0.1, 0.15) is 38.3 Å². The van der Waals surface area contributed by atoms with Crippen LogP contribution in [0.3, 0.4) is 0 Å². The standard InChI is InChI=1S/C16H21BrClFN2O2/c1-3-4-5-23-16(22)21-8-10(2)20-14(9-21)12-6-11(18)7-13(17)15(12)19/h6-7,10,14,20H,3-5,8-9H2,1-2H3/t10-,14+/m1/s1. The third-order valence-corrected chi connectivity index (χ3v) is 4.56. The Balaban J connectivity index is 2.13. The lowest BCUT2D eigenvalue weighted by Gasteiger charge is -2.37. The van der Waals surface area contributed by atoms with Gasteiger partial charge in [-0.1, -0.05) is 24.9 Å². The number of ether oxygens (including phenoxy) is 1. The van der Waals surface area contributed by atoms with E-state index in [9.17, 15) is 9.18 Å². The first kappa shape index (κ1) is 18.5. The number of carbonyl (C=O) groups excluding carboxylic acids is 1. The van der Waals surface area contributed by atoms with Crippen molar-refractivity contribution in [3.63, 3.8) is 0 Å². The Hall–Kier alpha value is -0.850. The van der Waals surface area contributed by atoms with Gasteiger partial charge < -0.3 is 15.0 Å². The van der Waals surface area contributed by atoms with Gasteiger partial charge in [-0.2, -0.15) is 0 Å². The maximum Gasteiger partial charge on any atom is 0.409 e. The van der Waals surface area contributed by atoms with Gasteiger partial charge in [0, 0.05) is 29.7 Å². The minimum atomic E-state index is -0.361. The summed E-state index contributed by atoms with van der Waals surface area (Å²) in [6.45, 7) is 5.28.